The van der Waals surface area contributed by atoms with E-state index < -0.39 is 0 Å². The van der Waals surface area contributed by atoms with Gasteiger partial charge in [0.05, 0.1) is 0 Å². The molecule has 1 aromatic carbocycles. The van der Waals surface area contributed by atoms with Crippen LogP contribution in [-0.4, -0.2) is 0 Å². The first kappa shape index (κ1) is 10.6. The van der Waals surface area contributed by atoms with Gasteiger partial charge in [-0.2, -0.15) is 0 Å². The highest BCUT2D eigenvalue weighted by atomic mass is 35.5. The van der Waals surface area contributed by atoms with E-state index in [0.717, 1.165) is 17.0 Å². The van der Waals surface area contributed by atoms with Gasteiger partial charge in [-0.25, -0.2) is 0 Å². The summed E-state index contributed by atoms with van der Waals surface area (Å²) in [6, 6.07) is 7.90. The molecule has 0 aliphatic rings. The van der Waals surface area contributed by atoms with E-state index >= 15 is 0 Å². The van der Waals surface area contributed by atoms with Crippen molar-refractivity contribution in [3.63, 3.8) is 0 Å². The Kier molecular flexibility index (Phi) is 3.76. The number of halogens is 1. The Morgan fingerprint density at radius 3 is 2.23 bits per heavy atom. The second-order valence-electron chi connectivity index (χ2n) is 3.79. The number of hydrogen-bond acceptors (Lipinski definition) is 1. The van der Waals surface area contributed by atoms with Crippen molar-refractivity contribution >= 4 is 11.6 Å². The second kappa shape index (κ2) is 4.64. The minimum absolute atomic E-state index is 0.136. The maximum Gasteiger partial charge on any atom is 0.0406 e. The van der Waals surface area contributed by atoms with Crippen molar-refractivity contribution in [3.8, 4) is 0 Å². The molecule has 0 aromatic heterocycles. The predicted octanol–water partition coefficient (Wildman–Crippen LogP) is 3.39. The molecule has 1 rings (SSSR count). The summed E-state index contributed by atoms with van der Waals surface area (Å²) in [6.45, 7) is 4.35. The molecular formula is C11H16ClN. The molecule has 13 heavy (non-hydrogen) atoms. The van der Waals surface area contributed by atoms with Crippen LogP contribution in [0.15, 0.2) is 24.3 Å². The van der Waals surface area contributed by atoms with Crippen molar-refractivity contribution in [2.45, 2.75) is 26.3 Å². The lowest BCUT2D eigenvalue weighted by Gasteiger charge is -2.14. The molecule has 0 bridgehead atoms. The average Bonchev–Trinajstić information content (AvgIpc) is 2.04. The molecule has 1 aromatic rings. The molecule has 72 valence electrons. The third kappa shape index (κ3) is 3.37. The molecule has 0 heterocycles. The first-order valence-electron chi connectivity index (χ1n) is 4.60. The van der Waals surface area contributed by atoms with Crippen LogP contribution < -0.4 is 5.73 Å². The summed E-state index contributed by atoms with van der Waals surface area (Å²) in [5.74, 6) is 0.630. The van der Waals surface area contributed by atoms with Crippen molar-refractivity contribution in [1.29, 1.82) is 0 Å². The van der Waals surface area contributed by atoms with E-state index in [1.165, 1.54) is 0 Å². The van der Waals surface area contributed by atoms with Gasteiger partial charge in [-0.15, -0.1) is 0 Å². The maximum absolute atomic E-state index is 6.00. The lowest BCUT2D eigenvalue weighted by atomic mass is 9.98. The largest absolute Gasteiger partial charge is 0.324 e. The Balaban J connectivity index is 2.66. The lowest BCUT2D eigenvalue weighted by Crippen LogP contribution is -2.12. The van der Waals surface area contributed by atoms with Crippen molar-refractivity contribution in [3.05, 3.63) is 34.9 Å². The fourth-order valence-corrected chi connectivity index (χ4v) is 1.48. The van der Waals surface area contributed by atoms with Crippen molar-refractivity contribution in [1.82, 2.24) is 0 Å². The van der Waals surface area contributed by atoms with Crippen LogP contribution in [0.3, 0.4) is 0 Å². The molecule has 1 unspecified atom stereocenters. The number of hydrogen-bond donors (Lipinski definition) is 1. The minimum atomic E-state index is 0.136. The third-order valence-corrected chi connectivity index (χ3v) is 2.28. The van der Waals surface area contributed by atoms with Crippen molar-refractivity contribution in [2.24, 2.45) is 11.7 Å². The van der Waals surface area contributed by atoms with E-state index in [4.69, 9.17) is 17.3 Å². The van der Waals surface area contributed by atoms with Gasteiger partial charge in [-0.1, -0.05) is 37.6 Å². The molecule has 2 heteroatoms. The van der Waals surface area contributed by atoms with Crippen LogP contribution in [0.25, 0.3) is 0 Å². The first-order chi connectivity index (χ1) is 6.09. The molecule has 0 fully saturated rings. The topological polar surface area (TPSA) is 26.0 Å². The summed E-state index contributed by atoms with van der Waals surface area (Å²) in [5.41, 5.74) is 7.17. The Bertz CT molecular complexity index is 253. The monoisotopic (exact) mass is 197 g/mol. The Morgan fingerprint density at radius 2 is 1.77 bits per heavy atom. The van der Waals surface area contributed by atoms with E-state index in [1.54, 1.807) is 0 Å². The predicted molar refractivity (Wildman–Crippen MR) is 57.8 cm³/mol. The summed E-state index contributed by atoms with van der Waals surface area (Å²) >= 11 is 5.78. The SMILES string of the molecule is CC(C)CC(N)c1ccc(Cl)cc1. The Labute approximate surface area is 84.9 Å². The van der Waals surface area contributed by atoms with E-state index in [1.807, 2.05) is 24.3 Å². The molecule has 0 saturated carbocycles. The van der Waals surface area contributed by atoms with Crippen LogP contribution in [0.5, 0.6) is 0 Å². The number of rotatable bonds is 3. The molecule has 0 spiro atoms. The van der Waals surface area contributed by atoms with Crippen LogP contribution in [0.1, 0.15) is 31.9 Å². The van der Waals surface area contributed by atoms with Gasteiger partial charge in [0.25, 0.3) is 0 Å². The van der Waals surface area contributed by atoms with Gasteiger partial charge in [0.15, 0.2) is 0 Å². The highest BCUT2D eigenvalue weighted by Crippen LogP contribution is 2.20. The summed E-state index contributed by atoms with van der Waals surface area (Å²) in [4.78, 5) is 0. The second-order valence-corrected chi connectivity index (χ2v) is 4.22. The summed E-state index contributed by atoms with van der Waals surface area (Å²) in [7, 11) is 0. The van der Waals surface area contributed by atoms with Crippen molar-refractivity contribution in [2.75, 3.05) is 0 Å². The Morgan fingerprint density at radius 1 is 1.23 bits per heavy atom. The first-order valence-corrected chi connectivity index (χ1v) is 4.98. The highest BCUT2D eigenvalue weighted by Gasteiger charge is 2.07. The molecule has 1 nitrogen and oxygen atoms in total. The fourth-order valence-electron chi connectivity index (χ4n) is 1.35. The van der Waals surface area contributed by atoms with E-state index in [9.17, 15) is 0 Å². The normalized spacial score (nSPS) is 13.3. The minimum Gasteiger partial charge on any atom is -0.324 e. The molecule has 0 aliphatic carbocycles. The molecule has 1 atom stereocenters. The van der Waals surface area contributed by atoms with Crippen LogP contribution in [0, 0.1) is 5.92 Å². The Hall–Kier alpha value is -0.530. The quantitative estimate of drug-likeness (QED) is 0.790. The van der Waals surface area contributed by atoms with Crippen LogP contribution >= 0.6 is 11.6 Å². The van der Waals surface area contributed by atoms with Gasteiger partial charge in [0, 0.05) is 11.1 Å². The van der Waals surface area contributed by atoms with Gasteiger partial charge in [-0.05, 0) is 30.0 Å². The van der Waals surface area contributed by atoms with E-state index in [2.05, 4.69) is 13.8 Å². The zero-order valence-corrected chi connectivity index (χ0v) is 8.88. The van der Waals surface area contributed by atoms with Crippen LogP contribution in [-0.2, 0) is 0 Å². The van der Waals surface area contributed by atoms with Gasteiger partial charge in [0.2, 0.25) is 0 Å². The number of benzene rings is 1. The molecule has 0 radical (unpaired) electrons. The van der Waals surface area contributed by atoms with E-state index in [0.29, 0.717) is 5.92 Å². The third-order valence-electron chi connectivity index (χ3n) is 2.02. The van der Waals surface area contributed by atoms with Gasteiger partial charge in [0.1, 0.15) is 0 Å². The van der Waals surface area contributed by atoms with Crippen LogP contribution in [0.4, 0.5) is 0 Å². The molecule has 0 amide bonds. The molecular weight excluding hydrogens is 182 g/mol. The van der Waals surface area contributed by atoms with Gasteiger partial charge in [-0.3, -0.25) is 0 Å². The molecule has 0 saturated heterocycles. The highest BCUT2D eigenvalue weighted by molar-refractivity contribution is 6.30. The average molecular weight is 198 g/mol. The number of nitrogens with two attached hydrogens (primary N) is 1. The zero-order chi connectivity index (χ0) is 9.84. The maximum atomic E-state index is 6.00. The van der Waals surface area contributed by atoms with Gasteiger partial charge >= 0.3 is 0 Å². The smallest absolute Gasteiger partial charge is 0.0406 e. The van der Waals surface area contributed by atoms with Crippen molar-refractivity contribution < 1.29 is 0 Å². The molecule has 2 N–H and O–H groups in total. The fraction of sp³-hybridized carbons (Fsp3) is 0.455. The standard InChI is InChI=1S/C11H16ClN/c1-8(2)7-11(13)9-3-5-10(12)6-4-9/h3-6,8,11H,7,13H2,1-2H3. The zero-order valence-electron chi connectivity index (χ0n) is 8.13. The summed E-state index contributed by atoms with van der Waals surface area (Å²) < 4.78 is 0. The summed E-state index contributed by atoms with van der Waals surface area (Å²) in [5, 5.41) is 0.764. The molecule has 0 aliphatic heterocycles. The van der Waals surface area contributed by atoms with Gasteiger partial charge < -0.3 is 5.73 Å². The lowest BCUT2D eigenvalue weighted by molar-refractivity contribution is 0.510. The van der Waals surface area contributed by atoms with Crippen LogP contribution in [0.2, 0.25) is 5.02 Å². The summed E-state index contributed by atoms with van der Waals surface area (Å²) in [6.07, 6.45) is 1.02. The van der Waals surface area contributed by atoms with E-state index in [-0.39, 0.29) is 6.04 Å².